The van der Waals surface area contributed by atoms with Crippen molar-refractivity contribution in [2.45, 2.75) is 12.1 Å². The van der Waals surface area contributed by atoms with Gasteiger partial charge in [0.2, 0.25) is 0 Å². The first kappa shape index (κ1) is 26.1. The Morgan fingerprint density at radius 2 is 1.09 bits per heavy atom. The van der Waals surface area contributed by atoms with E-state index in [0.717, 1.165) is 0 Å². The fourth-order valence-electron chi connectivity index (χ4n) is 2.84. The van der Waals surface area contributed by atoms with Crippen LogP contribution in [0.4, 0.5) is 11.4 Å². The number of para-hydroxylation sites is 2. The number of carbonyl (C=O) groups excluding carboxylic acids is 4. The molecule has 0 heterocycles. The van der Waals surface area contributed by atoms with Crippen LogP contribution in [0, 0.1) is 0 Å². The van der Waals surface area contributed by atoms with E-state index in [1.807, 2.05) is 0 Å². The Balaban J connectivity index is 2.29. The van der Waals surface area contributed by atoms with Crippen molar-refractivity contribution in [2.24, 2.45) is 0 Å². The maximum atomic E-state index is 12.8. The van der Waals surface area contributed by atoms with Crippen LogP contribution in [0.25, 0.3) is 0 Å². The van der Waals surface area contributed by atoms with Crippen molar-refractivity contribution in [3.05, 3.63) is 59.7 Å². The van der Waals surface area contributed by atoms with E-state index in [1.54, 1.807) is 48.5 Å². The quantitative estimate of drug-likeness (QED) is 0.254. The zero-order chi connectivity index (χ0) is 24.4. The number of carbonyl (C=O) groups is 4. The van der Waals surface area contributed by atoms with Gasteiger partial charge in [-0.15, -0.1) is 0 Å². The average molecular weight is 492 g/mol. The zero-order valence-corrected chi connectivity index (χ0v) is 19.8. The van der Waals surface area contributed by atoms with E-state index < -0.39 is 35.8 Å². The summed E-state index contributed by atoms with van der Waals surface area (Å²) < 4.78 is 9.35. The summed E-state index contributed by atoms with van der Waals surface area (Å²) in [6, 6.07) is 11.4. The highest BCUT2D eigenvalue weighted by Crippen LogP contribution is 2.24. The van der Waals surface area contributed by atoms with Gasteiger partial charge in [0.25, 0.3) is 11.8 Å². The van der Waals surface area contributed by atoms with Gasteiger partial charge in [-0.2, -0.15) is 25.3 Å². The summed E-state index contributed by atoms with van der Waals surface area (Å²) in [7, 11) is 2.45. The number of hydrogen-bond donors (Lipinski definition) is 5. The van der Waals surface area contributed by atoms with E-state index in [9.17, 15) is 19.2 Å². The second-order valence-corrected chi connectivity index (χ2v) is 7.41. The highest BCUT2D eigenvalue weighted by molar-refractivity contribution is 7.80. The number of ether oxygens (including phenoxy) is 2. The smallest absolute Gasteiger partial charge is 0.329 e. The molecule has 0 bridgehead atoms. The number of rotatable bonds is 10. The second-order valence-electron chi connectivity index (χ2n) is 6.68. The van der Waals surface area contributed by atoms with Crippen LogP contribution < -0.4 is 16.0 Å². The average Bonchev–Trinajstić information content (AvgIpc) is 2.85. The Labute approximate surface area is 202 Å². The van der Waals surface area contributed by atoms with Gasteiger partial charge in [0.05, 0.1) is 36.7 Å². The predicted molar refractivity (Wildman–Crippen MR) is 130 cm³/mol. The number of nitrogens with one attached hydrogen (secondary N) is 3. The van der Waals surface area contributed by atoms with Crippen LogP contribution in [0.1, 0.15) is 20.7 Å². The first-order chi connectivity index (χ1) is 15.9. The van der Waals surface area contributed by atoms with Crippen LogP contribution in [-0.2, 0) is 19.1 Å². The standard InChI is InChI=1S/C22H25N3O6S2/c1-30-21(28)17(11-32)24-19(26)13-7-3-5-9-15(13)23-16-10-6-4-8-14(16)20(27)25-18(12-33)22(29)31-2/h3-10,17-18,23,32-33H,11-12H2,1-2H3,(H,24,26)(H,25,27). The SMILES string of the molecule is COC(=O)C(CS)NC(=O)c1ccccc1Nc1ccccc1C(=O)NC(CS)C(=O)OC. The van der Waals surface area contributed by atoms with Crippen LogP contribution in [0.5, 0.6) is 0 Å². The highest BCUT2D eigenvalue weighted by Gasteiger charge is 2.24. The summed E-state index contributed by atoms with van der Waals surface area (Å²) in [6.07, 6.45) is 0. The molecule has 2 amide bonds. The first-order valence-corrected chi connectivity index (χ1v) is 11.1. The fraction of sp³-hybridized carbons (Fsp3) is 0.273. The van der Waals surface area contributed by atoms with Crippen molar-refractivity contribution in [2.75, 3.05) is 31.0 Å². The lowest BCUT2D eigenvalue weighted by Crippen LogP contribution is -2.43. The van der Waals surface area contributed by atoms with Crippen molar-refractivity contribution in [1.82, 2.24) is 10.6 Å². The molecule has 0 saturated carbocycles. The van der Waals surface area contributed by atoms with E-state index >= 15 is 0 Å². The minimum atomic E-state index is -0.923. The van der Waals surface area contributed by atoms with Gasteiger partial charge in [0.15, 0.2) is 0 Å². The van der Waals surface area contributed by atoms with Crippen molar-refractivity contribution in [3.63, 3.8) is 0 Å². The molecule has 9 nitrogen and oxygen atoms in total. The third-order valence-electron chi connectivity index (χ3n) is 4.56. The minimum absolute atomic E-state index is 0.0590. The van der Waals surface area contributed by atoms with E-state index in [-0.39, 0.29) is 22.6 Å². The summed E-state index contributed by atoms with van der Waals surface area (Å²) in [4.78, 5) is 49.3. The normalized spacial score (nSPS) is 12.1. The van der Waals surface area contributed by atoms with Crippen LogP contribution in [-0.4, -0.2) is 61.6 Å². The molecule has 0 saturated heterocycles. The molecule has 0 fully saturated rings. The van der Waals surface area contributed by atoms with Gasteiger partial charge in [-0.05, 0) is 24.3 Å². The molecule has 0 aliphatic carbocycles. The fourth-order valence-corrected chi connectivity index (χ4v) is 3.32. The lowest BCUT2D eigenvalue weighted by molar-refractivity contribution is -0.143. The number of anilines is 2. The Hall–Kier alpha value is -3.18. The van der Waals surface area contributed by atoms with Gasteiger partial charge in [-0.1, -0.05) is 24.3 Å². The third kappa shape index (κ3) is 6.90. The summed E-state index contributed by atoms with van der Waals surface area (Å²) in [5.41, 5.74) is 1.28. The minimum Gasteiger partial charge on any atom is -0.467 e. The molecule has 0 aliphatic heterocycles. The van der Waals surface area contributed by atoms with Crippen molar-refractivity contribution < 1.29 is 28.7 Å². The number of thiol groups is 2. The molecule has 0 radical (unpaired) electrons. The summed E-state index contributed by atoms with van der Waals surface area (Å²) >= 11 is 8.16. The van der Waals surface area contributed by atoms with E-state index in [2.05, 4.69) is 50.7 Å². The van der Waals surface area contributed by atoms with Crippen molar-refractivity contribution in [1.29, 1.82) is 0 Å². The van der Waals surface area contributed by atoms with E-state index in [4.69, 9.17) is 0 Å². The Morgan fingerprint density at radius 1 is 0.727 bits per heavy atom. The van der Waals surface area contributed by atoms with Gasteiger partial charge in [-0.25, -0.2) is 9.59 Å². The maximum Gasteiger partial charge on any atom is 0.329 e. The summed E-state index contributed by atoms with van der Waals surface area (Å²) in [6.45, 7) is 0. The number of esters is 2. The van der Waals surface area contributed by atoms with Crippen LogP contribution in [0.2, 0.25) is 0 Å². The summed E-state index contributed by atoms with van der Waals surface area (Å²) in [5, 5.41) is 8.24. The molecule has 2 unspecified atom stereocenters. The molecular formula is C22H25N3O6S2. The molecule has 2 atom stereocenters. The molecular weight excluding hydrogens is 466 g/mol. The Kier molecular flexibility index (Phi) is 10.1. The van der Waals surface area contributed by atoms with Crippen molar-refractivity contribution in [3.8, 4) is 0 Å². The first-order valence-electron chi connectivity index (χ1n) is 9.80. The largest absolute Gasteiger partial charge is 0.467 e. The van der Waals surface area contributed by atoms with Gasteiger partial charge >= 0.3 is 11.9 Å². The van der Waals surface area contributed by atoms with Crippen LogP contribution in [0.3, 0.4) is 0 Å². The number of hydrogen-bond acceptors (Lipinski definition) is 9. The molecule has 0 aliphatic rings. The molecule has 0 aromatic heterocycles. The molecule has 0 spiro atoms. The molecule has 33 heavy (non-hydrogen) atoms. The monoisotopic (exact) mass is 491 g/mol. The number of amides is 2. The molecule has 176 valence electrons. The van der Waals surface area contributed by atoms with E-state index in [0.29, 0.717) is 11.4 Å². The molecule has 2 rings (SSSR count). The van der Waals surface area contributed by atoms with Gasteiger partial charge in [-0.3, -0.25) is 9.59 Å². The van der Waals surface area contributed by atoms with Gasteiger partial charge in [0, 0.05) is 11.5 Å². The third-order valence-corrected chi connectivity index (χ3v) is 5.29. The zero-order valence-electron chi connectivity index (χ0n) is 18.0. The Morgan fingerprint density at radius 3 is 1.42 bits per heavy atom. The molecule has 2 aromatic rings. The predicted octanol–water partition coefficient (Wildman–Crippen LogP) is 1.83. The van der Waals surface area contributed by atoms with Crippen LogP contribution in [0.15, 0.2) is 48.5 Å². The highest BCUT2D eigenvalue weighted by atomic mass is 32.1. The topological polar surface area (TPSA) is 123 Å². The second kappa shape index (κ2) is 12.8. The van der Waals surface area contributed by atoms with Gasteiger partial charge < -0.3 is 25.4 Å². The van der Waals surface area contributed by atoms with E-state index in [1.165, 1.54) is 14.2 Å². The number of benzene rings is 2. The number of methoxy groups -OCH3 is 2. The maximum absolute atomic E-state index is 12.8. The van der Waals surface area contributed by atoms with Crippen molar-refractivity contribution >= 4 is 60.4 Å². The van der Waals surface area contributed by atoms with Gasteiger partial charge in [0.1, 0.15) is 12.1 Å². The molecule has 11 heteroatoms. The van der Waals surface area contributed by atoms with Crippen LogP contribution >= 0.6 is 25.3 Å². The lowest BCUT2D eigenvalue weighted by Gasteiger charge is -2.18. The summed E-state index contributed by atoms with van der Waals surface area (Å²) in [5.74, 6) is -2.16. The lowest BCUT2D eigenvalue weighted by atomic mass is 10.1. The Bertz CT molecular complexity index is 938. The molecule has 3 N–H and O–H groups in total. The molecule has 2 aromatic carbocycles.